The number of hydrogen-bond donors (Lipinski definition) is 1. The lowest BCUT2D eigenvalue weighted by atomic mass is 9.97. The van der Waals surface area contributed by atoms with E-state index in [0.29, 0.717) is 0 Å². The molecule has 0 amide bonds. The van der Waals surface area contributed by atoms with Crippen LogP contribution in [0.2, 0.25) is 0 Å². The molecule has 0 spiro atoms. The average molecular weight is 323 g/mol. The van der Waals surface area contributed by atoms with Crippen molar-refractivity contribution in [1.29, 1.82) is 0 Å². The molecule has 2 aromatic rings. The number of carboxylic acid groups (broad SMARTS) is 1. The van der Waals surface area contributed by atoms with Crippen LogP contribution in [0, 0.1) is 0 Å². The van der Waals surface area contributed by atoms with Gasteiger partial charge in [-0.15, -0.1) is 0 Å². The number of hydrogen-bond acceptors (Lipinski definition) is 2. The van der Waals surface area contributed by atoms with Crippen LogP contribution in [-0.4, -0.2) is 28.6 Å². The second-order valence-electron chi connectivity index (χ2n) is 6.54. The molecule has 1 saturated heterocycles. The summed E-state index contributed by atoms with van der Waals surface area (Å²) in [5.74, 6) is -0.684. The standard InChI is InChI=1S/C21H25NO2/c23-21(24)20-15-8-16-22(20)19(18-12-5-2-6-13-18)14-7-11-17-9-3-1-4-10-17/h1-6,9-10,12-13,19-20H,7-8,11,14-16H2,(H,23,24)/t19?,20-/m0/s1. The summed E-state index contributed by atoms with van der Waals surface area (Å²) in [5.41, 5.74) is 2.58. The van der Waals surface area contributed by atoms with Crippen molar-refractivity contribution in [2.45, 2.75) is 44.2 Å². The van der Waals surface area contributed by atoms with Crippen molar-refractivity contribution < 1.29 is 9.90 Å². The highest BCUT2D eigenvalue weighted by Crippen LogP contribution is 2.33. The van der Waals surface area contributed by atoms with Gasteiger partial charge in [0.05, 0.1) is 0 Å². The normalized spacial score (nSPS) is 19.2. The maximum absolute atomic E-state index is 11.6. The Labute approximate surface area is 143 Å². The lowest BCUT2D eigenvalue weighted by molar-refractivity contribution is -0.143. The van der Waals surface area contributed by atoms with E-state index >= 15 is 0 Å². The molecule has 0 aromatic heterocycles. The van der Waals surface area contributed by atoms with Gasteiger partial charge in [-0.05, 0) is 49.8 Å². The van der Waals surface area contributed by atoms with Crippen molar-refractivity contribution in [3.63, 3.8) is 0 Å². The van der Waals surface area contributed by atoms with Gasteiger partial charge in [0.1, 0.15) is 6.04 Å². The molecule has 1 fully saturated rings. The van der Waals surface area contributed by atoms with Gasteiger partial charge in [-0.2, -0.15) is 0 Å². The molecule has 3 nitrogen and oxygen atoms in total. The quantitative estimate of drug-likeness (QED) is 0.826. The Hall–Kier alpha value is -2.13. The molecule has 1 N–H and O–H groups in total. The summed E-state index contributed by atoms with van der Waals surface area (Å²) in [7, 11) is 0. The SMILES string of the molecule is O=C(O)[C@@H]1CCCN1C(CCCc1ccccc1)c1ccccc1. The number of carbonyl (C=O) groups is 1. The van der Waals surface area contributed by atoms with E-state index in [9.17, 15) is 9.90 Å². The van der Waals surface area contributed by atoms with Crippen LogP contribution in [0.1, 0.15) is 42.9 Å². The van der Waals surface area contributed by atoms with Crippen molar-refractivity contribution >= 4 is 5.97 Å². The van der Waals surface area contributed by atoms with Gasteiger partial charge in [0.25, 0.3) is 0 Å². The number of aryl methyl sites for hydroxylation is 1. The zero-order valence-corrected chi connectivity index (χ0v) is 14.0. The number of nitrogens with zero attached hydrogens (tertiary/aromatic N) is 1. The molecular weight excluding hydrogens is 298 g/mol. The molecule has 2 aromatic carbocycles. The molecule has 126 valence electrons. The summed E-state index contributed by atoms with van der Waals surface area (Å²) in [5, 5.41) is 9.54. The molecule has 3 heteroatoms. The maximum Gasteiger partial charge on any atom is 0.320 e. The maximum atomic E-state index is 11.6. The van der Waals surface area contributed by atoms with Crippen molar-refractivity contribution in [2.24, 2.45) is 0 Å². The smallest absolute Gasteiger partial charge is 0.320 e. The van der Waals surface area contributed by atoms with E-state index in [1.54, 1.807) is 0 Å². The van der Waals surface area contributed by atoms with Gasteiger partial charge in [0.15, 0.2) is 0 Å². The predicted octanol–water partition coefficient (Wildman–Crippen LogP) is 4.30. The van der Waals surface area contributed by atoms with Crippen LogP contribution in [-0.2, 0) is 11.2 Å². The fourth-order valence-corrected chi connectivity index (χ4v) is 3.77. The van der Waals surface area contributed by atoms with E-state index in [1.807, 2.05) is 24.3 Å². The minimum Gasteiger partial charge on any atom is -0.480 e. The first-order valence-electron chi connectivity index (χ1n) is 8.83. The molecule has 0 aliphatic carbocycles. The second-order valence-corrected chi connectivity index (χ2v) is 6.54. The van der Waals surface area contributed by atoms with Crippen molar-refractivity contribution in [3.05, 3.63) is 71.8 Å². The minimum absolute atomic E-state index is 0.193. The van der Waals surface area contributed by atoms with Gasteiger partial charge in [-0.25, -0.2) is 0 Å². The molecule has 24 heavy (non-hydrogen) atoms. The Balaban J connectivity index is 1.72. The third kappa shape index (κ3) is 4.04. The summed E-state index contributed by atoms with van der Waals surface area (Å²) >= 11 is 0. The van der Waals surface area contributed by atoms with E-state index in [2.05, 4.69) is 41.3 Å². The van der Waals surface area contributed by atoms with E-state index in [1.165, 1.54) is 11.1 Å². The molecular formula is C21H25NO2. The highest BCUT2D eigenvalue weighted by Gasteiger charge is 2.35. The lowest BCUT2D eigenvalue weighted by Crippen LogP contribution is -2.38. The summed E-state index contributed by atoms with van der Waals surface area (Å²) in [6, 6.07) is 20.7. The molecule has 1 unspecified atom stereocenters. The van der Waals surface area contributed by atoms with Gasteiger partial charge in [0.2, 0.25) is 0 Å². The van der Waals surface area contributed by atoms with Crippen molar-refractivity contribution in [3.8, 4) is 0 Å². The summed E-state index contributed by atoms with van der Waals surface area (Å²) < 4.78 is 0. The first-order chi connectivity index (χ1) is 11.8. The first kappa shape index (κ1) is 16.7. The first-order valence-corrected chi connectivity index (χ1v) is 8.83. The van der Waals surface area contributed by atoms with Gasteiger partial charge in [0, 0.05) is 6.04 Å². The van der Waals surface area contributed by atoms with Crippen LogP contribution in [0.15, 0.2) is 60.7 Å². The topological polar surface area (TPSA) is 40.5 Å². The number of benzene rings is 2. The second kappa shape index (κ2) is 8.11. The molecule has 0 bridgehead atoms. The summed E-state index contributed by atoms with van der Waals surface area (Å²) in [6.07, 6.45) is 4.82. The molecule has 2 atom stereocenters. The molecule has 0 radical (unpaired) electrons. The van der Waals surface area contributed by atoms with Crippen LogP contribution in [0.4, 0.5) is 0 Å². The minimum atomic E-state index is -0.684. The number of carboxylic acids is 1. The highest BCUT2D eigenvalue weighted by molar-refractivity contribution is 5.73. The van der Waals surface area contributed by atoms with Crippen molar-refractivity contribution in [1.82, 2.24) is 4.90 Å². The summed E-state index contributed by atoms with van der Waals surface area (Å²) in [4.78, 5) is 13.8. The van der Waals surface area contributed by atoms with Crippen molar-refractivity contribution in [2.75, 3.05) is 6.54 Å². The van der Waals surface area contributed by atoms with Gasteiger partial charge < -0.3 is 5.11 Å². The largest absolute Gasteiger partial charge is 0.480 e. The monoisotopic (exact) mass is 323 g/mol. The Bertz CT molecular complexity index is 641. The lowest BCUT2D eigenvalue weighted by Gasteiger charge is -2.31. The van der Waals surface area contributed by atoms with Crippen LogP contribution in [0.5, 0.6) is 0 Å². The van der Waals surface area contributed by atoms with Gasteiger partial charge in [-0.3, -0.25) is 9.69 Å². The van der Waals surface area contributed by atoms with Crippen LogP contribution >= 0.6 is 0 Å². The Kier molecular flexibility index (Phi) is 5.65. The van der Waals surface area contributed by atoms with E-state index in [-0.39, 0.29) is 12.1 Å². The fraction of sp³-hybridized carbons (Fsp3) is 0.381. The number of likely N-dealkylation sites (tertiary alicyclic amines) is 1. The Morgan fingerprint density at radius 2 is 1.75 bits per heavy atom. The third-order valence-electron chi connectivity index (χ3n) is 4.95. The molecule has 3 rings (SSSR count). The van der Waals surface area contributed by atoms with Crippen LogP contribution < -0.4 is 0 Å². The molecule has 1 aliphatic heterocycles. The average Bonchev–Trinajstić information content (AvgIpc) is 3.10. The number of rotatable bonds is 7. The zero-order chi connectivity index (χ0) is 16.8. The highest BCUT2D eigenvalue weighted by atomic mass is 16.4. The summed E-state index contributed by atoms with van der Waals surface area (Å²) in [6.45, 7) is 0.877. The Morgan fingerprint density at radius 3 is 2.42 bits per heavy atom. The number of aliphatic carboxylic acids is 1. The van der Waals surface area contributed by atoms with Crippen LogP contribution in [0.25, 0.3) is 0 Å². The zero-order valence-electron chi connectivity index (χ0n) is 14.0. The molecule has 0 saturated carbocycles. The van der Waals surface area contributed by atoms with Gasteiger partial charge >= 0.3 is 5.97 Å². The fourth-order valence-electron chi connectivity index (χ4n) is 3.77. The van der Waals surface area contributed by atoms with E-state index < -0.39 is 5.97 Å². The molecule has 1 aliphatic rings. The van der Waals surface area contributed by atoms with E-state index in [4.69, 9.17) is 0 Å². The van der Waals surface area contributed by atoms with Gasteiger partial charge in [-0.1, -0.05) is 60.7 Å². The third-order valence-corrected chi connectivity index (χ3v) is 4.95. The van der Waals surface area contributed by atoms with E-state index in [0.717, 1.165) is 38.6 Å². The van der Waals surface area contributed by atoms with Crippen LogP contribution in [0.3, 0.4) is 0 Å². The Morgan fingerprint density at radius 1 is 1.08 bits per heavy atom. The molecule has 1 heterocycles. The predicted molar refractivity (Wildman–Crippen MR) is 95.9 cm³/mol.